The highest BCUT2D eigenvalue weighted by Gasteiger charge is 2.34. The van der Waals surface area contributed by atoms with Crippen molar-refractivity contribution in [3.63, 3.8) is 0 Å². The summed E-state index contributed by atoms with van der Waals surface area (Å²) in [6, 6.07) is 0.385. The summed E-state index contributed by atoms with van der Waals surface area (Å²) in [5.74, 6) is -0.0285. The lowest BCUT2D eigenvalue weighted by atomic mass is 9.80. The van der Waals surface area contributed by atoms with Gasteiger partial charge in [-0.25, -0.2) is 0 Å². The molecule has 3 nitrogen and oxygen atoms in total. The number of Topliss-reactive ketones (excluding diaryl/α,β-unsaturated/α-hetero) is 1. The van der Waals surface area contributed by atoms with E-state index in [-0.39, 0.29) is 23.5 Å². The van der Waals surface area contributed by atoms with Gasteiger partial charge in [0.15, 0.2) is 0 Å². The Morgan fingerprint density at radius 2 is 1.73 bits per heavy atom. The van der Waals surface area contributed by atoms with Gasteiger partial charge in [0.2, 0.25) is 5.91 Å². The van der Waals surface area contributed by atoms with E-state index in [1.807, 2.05) is 12.2 Å². The molecular weight excluding hydrogens is 190 g/mol. The molecule has 82 valence electrons. The smallest absolute Gasteiger partial charge is 0.224 e. The number of hydrogen-bond acceptors (Lipinski definition) is 2. The van der Waals surface area contributed by atoms with Crippen molar-refractivity contribution in [3.8, 4) is 0 Å². The second kappa shape index (κ2) is 4.17. The molecule has 1 saturated carbocycles. The fraction of sp³-hybridized carbons (Fsp3) is 0.667. The highest BCUT2D eigenvalue weighted by atomic mass is 16.2. The molecule has 0 aromatic heterocycles. The van der Waals surface area contributed by atoms with Crippen molar-refractivity contribution >= 4 is 11.7 Å². The van der Waals surface area contributed by atoms with E-state index in [2.05, 4.69) is 5.32 Å². The predicted octanol–water partition coefficient (Wildman–Crippen LogP) is 1.44. The molecule has 2 rings (SSSR count). The first-order valence-electron chi connectivity index (χ1n) is 5.64. The Kier molecular flexibility index (Phi) is 2.89. The van der Waals surface area contributed by atoms with Crippen LogP contribution in [-0.4, -0.2) is 17.7 Å². The molecule has 3 heteroatoms. The van der Waals surface area contributed by atoms with Gasteiger partial charge < -0.3 is 5.32 Å². The van der Waals surface area contributed by atoms with Gasteiger partial charge in [-0.15, -0.1) is 0 Å². The Morgan fingerprint density at radius 3 is 2.27 bits per heavy atom. The van der Waals surface area contributed by atoms with Gasteiger partial charge in [0.1, 0.15) is 5.78 Å². The third kappa shape index (κ3) is 2.46. The van der Waals surface area contributed by atoms with Crippen LogP contribution in [0.2, 0.25) is 0 Å². The van der Waals surface area contributed by atoms with Crippen molar-refractivity contribution in [2.75, 3.05) is 0 Å². The summed E-state index contributed by atoms with van der Waals surface area (Å²) in [5.41, 5.74) is 0. The van der Waals surface area contributed by atoms with Crippen LogP contribution in [0.25, 0.3) is 0 Å². The Labute approximate surface area is 89.9 Å². The lowest BCUT2D eigenvalue weighted by Gasteiger charge is -2.25. The Bertz CT molecular complexity index is 305. The molecule has 2 aliphatic rings. The number of rotatable bonds is 3. The summed E-state index contributed by atoms with van der Waals surface area (Å²) in [5, 5.41) is 2.98. The molecule has 1 amide bonds. The number of carbonyl (C=O) groups excluding carboxylic acids is 2. The van der Waals surface area contributed by atoms with E-state index in [4.69, 9.17) is 0 Å². The van der Waals surface area contributed by atoms with E-state index >= 15 is 0 Å². The lowest BCUT2D eigenvalue weighted by Crippen LogP contribution is -2.39. The first-order chi connectivity index (χ1) is 7.18. The second-order valence-electron chi connectivity index (χ2n) is 4.55. The number of carbonyl (C=O) groups is 2. The normalized spacial score (nSPS) is 29.9. The minimum Gasteiger partial charge on any atom is -0.353 e. The molecule has 0 bridgehead atoms. The highest BCUT2D eigenvalue weighted by molar-refractivity contribution is 5.88. The summed E-state index contributed by atoms with van der Waals surface area (Å²) in [4.78, 5) is 23.3. The molecule has 2 unspecified atom stereocenters. The molecule has 0 aromatic carbocycles. The third-order valence-electron chi connectivity index (χ3n) is 3.22. The fourth-order valence-electron chi connectivity index (χ4n) is 2.09. The zero-order chi connectivity index (χ0) is 10.8. The van der Waals surface area contributed by atoms with Gasteiger partial charge in [-0.1, -0.05) is 12.2 Å². The molecule has 1 N–H and O–H groups in total. The first-order valence-corrected chi connectivity index (χ1v) is 5.64. The van der Waals surface area contributed by atoms with Crippen LogP contribution in [0.15, 0.2) is 12.2 Å². The average molecular weight is 207 g/mol. The van der Waals surface area contributed by atoms with Crippen LogP contribution in [0.4, 0.5) is 0 Å². The summed E-state index contributed by atoms with van der Waals surface area (Å²) in [6.45, 7) is 1.58. The molecule has 0 saturated heterocycles. The SMILES string of the molecule is CC(=O)C1CC=CCC1C(=O)NC1CC1. The maximum absolute atomic E-state index is 11.9. The van der Waals surface area contributed by atoms with Gasteiger partial charge in [0, 0.05) is 12.0 Å². The van der Waals surface area contributed by atoms with Gasteiger partial charge >= 0.3 is 0 Å². The van der Waals surface area contributed by atoms with Crippen LogP contribution in [0.5, 0.6) is 0 Å². The molecule has 0 aliphatic heterocycles. The van der Waals surface area contributed by atoms with E-state index in [9.17, 15) is 9.59 Å². The van der Waals surface area contributed by atoms with Crippen LogP contribution < -0.4 is 5.32 Å². The lowest BCUT2D eigenvalue weighted by molar-refractivity contribution is -0.133. The molecule has 0 spiro atoms. The molecule has 0 aromatic rings. The van der Waals surface area contributed by atoms with Crippen LogP contribution in [0.1, 0.15) is 32.6 Å². The molecule has 0 radical (unpaired) electrons. The zero-order valence-electron chi connectivity index (χ0n) is 9.03. The molecule has 2 atom stereocenters. The van der Waals surface area contributed by atoms with Crippen molar-refractivity contribution in [2.45, 2.75) is 38.6 Å². The van der Waals surface area contributed by atoms with Gasteiger partial charge in [-0.05, 0) is 32.6 Å². The summed E-state index contributed by atoms with van der Waals surface area (Å²) < 4.78 is 0. The largest absolute Gasteiger partial charge is 0.353 e. The van der Waals surface area contributed by atoms with Crippen LogP contribution in [0.3, 0.4) is 0 Å². The topological polar surface area (TPSA) is 46.2 Å². The summed E-state index contributed by atoms with van der Waals surface area (Å²) >= 11 is 0. The maximum Gasteiger partial charge on any atom is 0.224 e. The van der Waals surface area contributed by atoms with E-state index in [0.717, 1.165) is 19.3 Å². The maximum atomic E-state index is 11.9. The third-order valence-corrected chi connectivity index (χ3v) is 3.22. The van der Waals surface area contributed by atoms with Crippen molar-refractivity contribution in [1.82, 2.24) is 5.32 Å². The fourth-order valence-corrected chi connectivity index (χ4v) is 2.09. The zero-order valence-corrected chi connectivity index (χ0v) is 9.03. The second-order valence-corrected chi connectivity index (χ2v) is 4.55. The summed E-state index contributed by atoms with van der Waals surface area (Å²) in [6.07, 6.45) is 7.64. The number of amides is 1. The van der Waals surface area contributed by atoms with E-state index < -0.39 is 0 Å². The molecule has 2 aliphatic carbocycles. The van der Waals surface area contributed by atoms with Crippen molar-refractivity contribution in [2.24, 2.45) is 11.8 Å². The van der Waals surface area contributed by atoms with E-state index in [0.29, 0.717) is 12.5 Å². The average Bonchev–Trinajstić information content (AvgIpc) is 3.01. The van der Waals surface area contributed by atoms with E-state index in [1.165, 1.54) is 0 Å². The van der Waals surface area contributed by atoms with Gasteiger partial charge in [-0.3, -0.25) is 9.59 Å². The summed E-state index contributed by atoms with van der Waals surface area (Å²) in [7, 11) is 0. The Morgan fingerprint density at radius 1 is 1.13 bits per heavy atom. The molecule has 15 heavy (non-hydrogen) atoms. The monoisotopic (exact) mass is 207 g/mol. The number of allylic oxidation sites excluding steroid dienone is 2. The van der Waals surface area contributed by atoms with Crippen molar-refractivity contribution < 1.29 is 9.59 Å². The quantitative estimate of drug-likeness (QED) is 0.712. The Hall–Kier alpha value is -1.12. The van der Waals surface area contributed by atoms with Crippen molar-refractivity contribution in [3.05, 3.63) is 12.2 Å². The Balaban J connectivity index is 2.00. The minimum absolute atomic E-state index is 0.0713. The van der Waals surface area contributed by atoms with Crippen LogP contribution >= 0.6 is 0 Å². The van der Waals surface area contributed by atoms with Crippen LogP contribution in [-0.2, 0) is 9.59 Å². The highest BCUT2D eigenvalue weighted by Crippen LogP contribution is 2.28. The number of nitrogens with one attached hydrogen (secondary N) is 1. The molecular formula is C12H17NO2. The van der Waals surface area contributed by atoms with Crippen molar-refractivity contribution in [1.29, 1.82) is 0 Å². The van der Waals surface area contributed by atoms with Gasteiger partial charge in [-0.2, -0.15) is 0 Å². The minimum atomic E-state index is -0.131. The predicted molar refractivity (Wildman–Crippen MR) is 57.2 cm³/mol. The first kappa shape index (κ1) is 10.4. The molecule has 0 heterocycles. The van der Waals surface area contributed by atoms with Crippen LogP contribution in [0, 0.1) is 11.8 Å². The number of ketones is 1. The van der Waals surface area contributed by atoms with Gasteiger partial charge in [0.25, 0.3) is 0 Å². The van der Waals surface area contributed by atoms with Gasteiger partial charge in [0.05, 0.1) is 5.92 Å². The standard InChI is InChI=1S/C12H17NO2/c1-8(14)10-4-2-3-5-11(10)12(15)13-9-6-7-9/h2-3,9-11H,4-7H2,1H3,(H,13,15). The number of hydrogen-bond donors (Lipinski definition) is 1. The van der Waals surface area contributed by atoms with E-state index in [1.54, 1.807) is 6.92 Å². The molecule has 1 fully saturated rings.